The molecule has 0 aliphatic carbocycles. The number of hydrogen-bond donors (Lipinski definition) is 2. The molecule has 1 rings (SSSR count). The number of hydrogen-bond acceptors (Lipinski definition) is 3. The van der Waals surface area contributed by atoms with Crippen molar-refractivity contribution < 1.29 is 0 Å². The summed E-state index contributed by atoms with van der Waals surface area (Å²) in [5.41, 5.74) is 1.11. The minimum Gasteiger partial charge on any atom is -0.383 e. The van der Waals surface area contributed by atoms with Crippen LogP contribution in [0.25, 0.3) is 0 Å². The van der Waals surface area contributed by atoms with E-state index in [2.05, 4.69) is 36.4 Å². The molecule has 1 aromatic heterocycles. The van der Waals surface area contributed by atoms with E-state index in [1.807, 2.05) is 18.3 Å². The molecule has 0 fully saturated rings. The van der Waals surface area contributed by atoms with E-state index < -0.39 is 0 Å². The molecule has 0 amide bonds. The molecule has 0 aromatic carbocycles. The van der Waals surface area contributed by atoms with Gasteiger partial charge in [-0.2, -0.15) is 0 Å². The van der Waals surface area contributed by atoms with Gasteiger partial charge in [-0.1, -0.05) is 0 Å². The predicted molar refractivity (Wildman–Crippen MR) is 57.2 cm³/mol. The van der Waals surface area contributed by atoms with Crippen LogP contribution in [0.5, 0.6) is 0 Å². The lowest BCUT2D eigenvalue weighted by Crippen LogP contribution is -2.10. The highest BCUT2D eigenvalue weighted by molar-refractivity contribution is 5.52. The molecule has 1 heterocycles. The molecular formula is C10H17N3. The second-order valence-corrected chi connectivity index (χ2v) is 3.26. The fraction of sp³-hybridized carbons (Fsp3) is 0.500. The van der Waals surface area contributed by atoms with Crippen LogP contribution in [0.2, 0.25) is 0 Å². The normalized spacial score (nSPS) is 10.2. The van der Waals surface area contributed by atoms with Gasteiger partial charge in [0.25, 0.3) is 0 Å². The van der Waals surface area contributed by atoms with Crippen molar-refractivity contribution >= 4 is 11.5 Å². The first kappa shape index (κ1) is 9.84. The quantitative estimate of drug-likeness (QED) is 0.745. The maximum Gasteiger partial charge on any atom is 0.127 e. The highest BCUT2D eigenvalue weighted by Gasteiger charge is 1.96. The van der Waals surface area contributed by atoms with Crippen LogP contribution in [0, 0.1) is 0 Å². The van der Waals surface area contributed by atoms with E-state index in [-0.39, 0.29) is 0 Å². The molecule has 1 aromatic rings. The Morgan fingerprint density at radius 3 is 2.85 bits per heavy atom. The average Bonchev–Trinajstić information content (AvgIpc) is 2.04. The smallest absolute Gasteiger partial charge is 0.127 e. The first-order valence-electron chi connectivity index (χ1n) is 4.69. The Morgan fingerprint density at radius 2 is 2.23 bits per heavy atom. The zero-order chi connectivity index (χ0) is 9.68. The Hall–Kier alpha value is -1.25. The molecule has 13 heavy (non-hydrogen) atoms. The van der Waals surface area contributed by atoms with Crippen molar-refractivity contribution in [3.05, 3.63) is 18.3 Å². The number of aromatic nitrogens is 1. The Labute approximate surface area is 79.6 Å². The van der Waals surface area contributed by atoms with E-state index in [0.717, 1.165) is 18.1 Å². The minimum absolute atomic E-state index is 0.455. The van der Waals surface area contributed by atoms with Gasteiger partial charge in [-0.25, -0.2) is 4.98 Å². The van der Waals surface area contributed by atoms with Crippen LogP contribution in [0.1, 0.15) is 20.8 Å². The lowest BCUT2D eigenvalue weighted by atomic mass is 10.3. The van der Waals surface area contributed by atoms with Crippen molar-refractivity contribution in [3.63, 3.8) is 0 Å². The average molecular weight is 179 g/mol. The van der Waals surface area contributed by atoms with Crippen molar-refractivity contribution in [2.45, 2.75) is 26.8 Å². The summed E-state index contributed by atoms with van der Waals surface area (Å²) in [5.74, 6) is 0.924. The molecule has 0 spiro atoms. The van der Waals surface area contributed by atoms with Gasteiger partial charge in [0.2, 0.25) is 0 Å². The van der Waals surface area contributed by atoms with Gasteiger partial charge in [0, 0.05) is 30.5 Å². The first-order valence-corrected chi connectivity index (χ1v) is 4.69. The van der Waals surface area contributed by atoms with Crippen LogP contribution in [0.4, 0.5) is 11.5 Å². The van der Waals surface area contributed by atoms with Crippen LogP contribution in [-0.4, -0.2) is 17.6 Å². The molecule has 0 unspecified atom stereocenters. The number of rotatable bonds is 4. The highest BCUT2D eigenvalue weighted by Crippen LogP contribution is 2.12. The van der Waals surface area contributed by atoms with E-state index in [4.69, 9.17) is 0 Å². The second kappa shape index (κ2) is 4.70. The van der Waals surface area contributed by atoms with Crippen LogP contribution in [0.3, 0.4) is 0 Å². The zero-order valence-electron chi connectivity index (χ0n) is 8.46. The van der Waals surface area contributed by atoms with E-state index in [1.165, 1.54) is 0 Å². The van der Waals surface area contributed by atoms with E-state index in [0.29, 0.717) is 6.04 Å². The third-order valence-corrected chi connectivity index (χ3v) is 1.57. The summed E-state index contributed by atoms with van der Waals surface area (Å²) >= 11 is 0. The second-order valence-electron chi connectivity index (χ2n) is 3.26. The Morgan fingerprint density at radius 1 is 1.46 bits per heavy atom. The SMILES string of the molecule is CCNc1cc(NC(C)C)ccn1. The Kier molecular flexibility index (Phi) is 3.55. The maximum absolute atomic E-state index is 4.19. The van der Waals surface area contributed by atoms with Gasteiger partial charge in [-0.3, -0.25) is 0 Å². The molecule has 0 radical (unpaired) electrons. The van der Waals surface area contributed by atoms with E-state index in [9.17, 15) is 0 Å². The molecule has 0 aliphatic heterocycles. The molecule has 2 N–H and O–H groups in total. The molecule has 0 atom stereocenters. The minimum atomic E-state index is 0.455. The molecule has 0 saturated carbocycles. The largest absolute Gasteiger partial charge is 0.383 e. The molecule has 0 bridgehead atoms. The zero-order valence-corrected chi connectivity index (χ0v) is 8.46. The van der Waals surface area contributed by atoms with Gasteiger partial charge in [-0.15, -0.1) is 0 Å². The van der Waals surface area contributed by atoms with Crippen LogP contribution >= 0.6 is 0 Å². The molecular weight excluding hydrogens is 162 g/mol. The van der Waals surface area contributed by atoms with Gasteiger partial charge in [0.05, 0.1) is 0 Å². The molecule has 3 nitrogen and oxygen atoms in total. The number of nitrogens with one attached hydrogen (secondary N) is 2. The van der Waals surface area contributed by atoms with Crippen molar-refractivity contribution in [1.82, 2.24) is 4.98 Å². The Balaban J connectivity index is 2.67. The van der Waals surface area contributed by atoms with Gasteiger partial charge in [0.15, 0.2) is 0 Å². The van der Waals surface area contributed by atoms with Crippen LogP contribution in [0.15, 0.2) is 18.3 Å². The summed E-state index contributed by atoms with van der Waals surface area (Å²) < 4.78 is 0. The third-order valence-electron chi connectivity index (χ3n) is 1.57. The fourth-order valence-electron chi connectivity index (χ4n) is 1.13. The Bertz CT molecular complexity index is 258. The van der Waals surface area contributed by atoms with E-state index in [1.54, 1.807) is 0 Å². The van der Waals surface area contributed by atoms with Crippen molar-refractivity contribution in [2.24, 2.45) is 0 Å². The summed E-state index contributed by atoms with van der Waals surface area (Å²) in [5, 5.41) is 6.49. The summed E-state index contributed by atoms with van der Waals surface area (Å²) in [6, 6.07) is 4.45. The lowest BCUT2D eigenvalue weighted by Gasteiger charge is -2.10. The molecule has 0 aliphatic rings. The lowest BCUT2D eigenvalue weighted by molar-refractivity contribution is 0.899. The van der Waals surface area contributed by atoms with Gasteiger partial charge < -0.3 is 10.6 Å². The first-order chi connectivity index (χ1) is 6.22. The van der Waals surface area contributed by atoms with Crippen LogP contribution in [-0.2, 0) is 0 Å². The van der Waals surface area contributed by atoms with Crippen molar-refractivity contribution in [3.8, 4) is 0 Å². The summed E-state index contributed by atoms with van der Waals surface area (Å²) in [6.45, 7) is 7.20. The summed E-state index contributed by atoms with van der Waals surface area (Å²) in [7, 11) is 0. The van der Waals surface area contributed by atoms with Gasteiger partial charge in [0.1, 0.15) is 5.82 Å². The molecule has 72 valence electrons. The number of pyridine rings is 1. The number of nitrogens with zero attached hydrogens (tertiary/aromatic N) is 1. The van der Waals surface area contributed by atoms with Crippen molar-refractivity contribution in [1.29, 1.82) is 0 Å². The van der Waals surface area contributed by atoms with E-state index >= 15 is 0 Å². The molecule has 3 heteroatoms. The highest BCUT2D eigenvalue weighted by atomic mass is 15.0. The third kappa shape index (κ3) is 3.32. The summed E-state index contributed by atoms with van der Waals surface area (Å²) in [4.78, 5) is 4.19. The van der Waals surface area contributed by atoms with Crippen molar-refractivity contribution in [2.75, 3.05) is 17.2 Å². The number of anilines is 2. The topological polar surface area (TPSA) is 37.0 Å². The van der Waals surface area contributed by atoms with Gasteiger partial charge >= 0.3 is 0 Å². The monoisotopic (exact) mass is 179 g/mol. The standard InChI is InChI=1S/C10H17N3/c1-4-11-10-7-9(5-6-12-10)13-8(2)3/h5-8H,4H2,1-3H3,(H2,11,12,13). The molecule has 0 saturated heterocycles. The van der Waals surface area contributed by atoms with Crippen LogP contribution < -0.4 is 10.6 Å². The summed E-state index contributed by atoms with van der Waals surface area (Å²) in [6.07, 6.45) is 1.81. The van der Waals surface area contributed by atoms with Gasteiger partial charge in [-0.05, 0) is 26.8 Å². The maximum atomic E-state index is 4.19. The predicted octanol–water partition coefficient (Wildman–Crippen LogP) is 2.33. The fourth-order valence-corrected chi connectivity index (χ4v) is 1.13.